The average Bonchev–Trinajstić information content (AvgIpc) is 2.15. The first-order valence-electron chi connectivity index (χ1n) is 4.83. The number of alkyl halides is 1. The van der Waals surface area contributed by atoms with Gasteiger partial charge in [-0.25, -0.2) is 0 Å². The van der Waals surface area contributed by atoms with Gasteiger partial charge in [-0.1, -0.05) is 54.6 Å². The Bertz CT molecular complexity index is 405. The van der Waals surface area contributed by atoms with Gasteiger partial charge < -0.3 is 5.11 Å². The third kappa shape index (κ3) is 3.28. The highest BCUT2D eigenvalue weighted by Crippen LogP contribution is 2.26. The quantitative estimate of drug-likeness (QED) is 0.564. The van der Waals surface area contributed by atoms with Crippen molar-refractivity contribution in [1.82, 2.24) is 0 Å². The molecule has 2 heteroatoms. The van der Waals surface area contributed by atoms with Crippen molar-refractivity contribution in [3.8, 4) is 17.6 Å². The molecule has 1 nitrogen and oxygen atoms in total. The molecule has 1 aromatic carbocycles. The van der Waals surface area contributed by atoms with Crippen LogP contribution in [0.5, 0.6) is 5.75 Å². The second-order valence-corrected chi connectivity index (χ2v) is 4.98. The number of phenols is 1. The van der Waals surface area contributed by atoms with Crippen LogP contribution in [0.2, 0.25) is 0 Å². The minimum absolute atomic E-state index is 0.0819. The van der Waals surface area contributed by atoms with Crippen molar-refractivity contribution in [3.05, 3.63) is 29.3 Å². The number of hydrogen-bond donors (Lipinski definition) is 1. The Morgan fingerprint density at radius 1 is 1.33 bits per heavy atom. The first-order chi connectivity index (χ1) is 6.95. The van der Waals surface area contributed by atoms with Crippen LogP contribution in [0.1, 0.15) is 31.9 Å². The Morgan fingerprint density at radius 3 is 2.53 bits per heavy atom. The van der Waals surface area contributed by atoms with Gasteiger partial charge in [0.1, 0.15) is 5.75 Å². The zero-order valence-corrected chi connectivity index (χ0v) is 10.9. The fourth-order valence-electron chi connectivity index (χ4n) is 1.23. The lowest BCUT2D eigenvalue weighted by molar-refractivity contribution is 0.472. The second kappa shape index (κ2) is 4.72. The Hall–Kier alpha value is -0.940. The monoisotopic (exact) mass is 266 g/mol. The van der Waals surface area contributed by atoms with Crippen LogP contribution in [0.15, 0.2) is 18.2 Å². The highest BCUT2D eigenvalue weighted by atomic mass is 79.9. The Labute approximate surface area is 99.6 Å². The van der Waals surface area contributed by atoms with Crippen LogP contribution >= 0.6 is 15.9 Å². The van der Waals surface area contributed by atoms with Gasteiger partial charge in [-0.3, -0.25) is 0 Å². The van der Waals surface area contributed by atoms with Crippen LogP contribution in [-0.4, -0.2) is 10.4 Å². The zero-order chi connectivity index (χ0) is 11.5. The van der Waals surface area contributed by atoms with Crippen molar-refractivity contribution in [3.63, 3.8) is 0 Å². The molecule has 1 aromatic rings. The molecule has 15 heavy (non-hydrogen) atoms. The summed E-state index contributed by atoms with van der Waals surface area (Å²) in [6.07, 6.45) is 0. The van der Waals surface area contributed by atoms with Crippen molar-refractivity contribution >= 4 is 15.9 Å². The standard InChI is InChI=1S/C13H15BrO/c1-13(2,3)11-6-7-12(15)10(9-11)5-4-8-14/h6-7,9,15H,8H2,1-3H3. The molecule has 0 amide bonds. The van der Waals surface area contributed by atoms with Crippen LogP contribution in [0, 0.1) is 11.8 Å². The van der Waals surface area contributed by atoms with Crippen molar-refractivity contribution in [1.29, 1.82) is 0 Å². The smallest absolute Gasteiger partial charge is 0.131 e. The molecule has 0 aliphatic carbocycles. The summed E-state index contributed by atoms with van der Waals surface area (Å²) < 4.78 is 0. The highest BCUT2D eigenvalue weighted by molar-refractivity contribution is 9.09. The maximum atomic E-state index is 9.61. The molecule has 0 spiro atoms. The third-order valence-electron chi connectivity index (χ3n) is 2.15. The molecule has 0 heterocycles. The van der Waals surface area contributed by atoms with E-state index in [1.807, 2.05) is 12.1 Å². The van der Waals surface area contributed by atoms with Gasteiger partial charge in [0.05, 0.1) is 10.9 Å². The molecule has 0 saturated heterocycles. The fraction of sp³-hybridized carbons (Fsp3) is 0.385. The summed E-state index contributed by atoms with van der Waals surface area (Å²) in [5.74, 6) is 6.07. The van der Waals surface area contributed by atoms with E-state index in [9.17, 15) is 5.11 Å². The second-order valence-electron chi connectivity index (χ2n) is 4.42. The van der Waals surface area contributed by atoms with E-state index in [-0.39, 0.29) is 11.2 Å². The van der Waals surface area contributed by atoms with Gasteiger partial charge in [0.2, 0.25) is 0 Å². The van der Waals surface area contributed by atoms with Crippen LogP contribution in [0.3, 0.4) is 0 Å². The van der Waals surface area contributed by atoms with Crippen LogP contribution in [0.4, 0.5) is 0 Å². The minimum Gasteiger partial charge on any atom is -0.507 e. The maximum Gasteiger partial charge on any atom is 0.131 e. The topological polar surface area (TPSA) is 20.2 Å². The number of phenolic OH excluding ortho intramolecular Hbond substituents is 1. The molecule has 0 aliphatic rings. The van der Waals surface area contributed by atoms with Crippen LogP contribution in [0.25, 0.3) is 0 Å². The predicted molar refractivity (Wildman–Crippen MR) is 67.5 cm³/mol. The van der Waals surface area contributed by atoms with Gasteiger partial charge in [-0.2, -0.15) is 0 Å². The van der Waals surface area contributed by atoms with Gasteiger partial charge in [-0.15, -0.1) is 0 Å². The lowest BCUT2D eigenvalue weighted by atomic mass is 9.86. The van der Waals surface area contributed by atoms with E-state index in [4.69, 9.17) is 0 Å². The third-order valence-corrected chi connectivity index (χ3v) is 2.43. The van der Waals surface area contributed by atoms with E-state index in [0.717, 1.165) is 0 Å². The molecule has 0 atom stereocenters. The summed E-state index contributed by atoms with van der Waals surface area (Å²) in [5, 5.41) is 10.2. The molecular formula is C13H15BrO. The fourth-order valence-corrected chi connectivity index (χ4v) is 1.37. The Balaban J connectivity index is 3.17. The molecule has 0 unspecified atom stereocenters. The molecule has 0 aliphatic heterocycles. The first kappa shape index (κ1) is 12.1. The van der Waals surface area contributed by atoms with Crippen molar-refractivity contribution in [2.75, 3.05) is 5.33 Å². The number of rotatable bonds is 0. The average molecular weight is 267 g/mol. The van der Waals surface area contributed by atoms with E-state index in [1.54, 1.807) is 6.07 Å². The number of hydrogen-bond acceptors (Lipinski definition) is 1. The summed E-state index contributed by atoms with van der Waals surface area (Å²) in [6, 6.07) is 5.60. The molecular weight excluding hydrogens is 252 g/mol. The SMILES string of the molecule is CC(C)(C)c1ccc(O)c(C#CCBr)c1. The van der Waals surface area contributed by atoms with Gasteiger partial charge in [0.15, 0.2) is 0 Å². The van der Waals surface area contributed by atoms with Crippen molar-refractivity contribution in [2.45, 2.75) is 26.2 Å². The van der Waals surface area contributed by atoms with Gasteiger partial charge in [0, 0.05) is 0 Å². The van der Waals surface area contributed by atoms with E-state index in [2.05, 4.69) is 48.5 Å². The molecule has 1 N–H and O–H groups in total. The van der Waals surface area contributed by atoms with Gasteiger partial charge in [-0.05, 0) is 23.1 Å². The number of halogens is 1. The van der Waals surface area contributed by atoms with E-state index in [1.165, 1.54) is 5.56 Å². The van der Waals surface area contributed by atoms with Gasteiger partial charge in [0.25, 0.3) is 0 Å². The number of benzene rings is 1. The molecule has 1 rings (SSSR count). The Kier molecular flexibility index (Phi) is 3.82. The lowest BCUT2D eigenvalue weighted by Crippen LogP contribution is -2.10. The van der Waals surface area contributed by atoms with E-state index < -0.39 is 0 Å². The summed E-state index contributed by atoms with van der Waals surface area (Å²) in [4.78, 5) is 0. The van der Waals surface area contributed by atoms with Crippen molar-refractivity contribution in [2.24, 2.45) is 0 Å². The minimum atomic E-state index is 0.0819. The number of aromatic hydroxyl groups is 1. The lowest BCUT2D eigenvalue weighted by Gasteiger charge is -2.19. The largest absolute Gasteiger partial charge is 0.507 e. The highest BCUT2D eigenvalue weighted by Gasteiger charge is 2.14. The summed E-state index contributed by atoms with van der Waals surface area (Å²) >= 11 is 3.23. The Morgan fingerprint density at radius 2 is 2.00 bits per heavy atom. The molecule has 0 radical (unpaired) electrons. The van der Waals surface area contributed by atoms with E-state index in [0.29, 0.717) is 10.9 Å². The molecule has 0 fully saturated rings. The molecule has 0 bridgehead atoms. The van der Waals surface area contributed by atoms with Crippen molar-refractivity contribution < 1.29 is 5.11 Å². The summed E-state index contributed by atoms with van der Waals surface area (Å²) in [7, 11) is 0. The predicted octanol–water partition coefficient (Wildman–Crippen LogP) is 3.44. The summed E-state index contributed by atoms with van der Waals surface area (Å²) in [6.45, 7) is 6.42. The normalized spacial score (nSPS) is 10.7. The zero-order valence-electron chi connectivity index (χ0n) is 9.26. The first-order valence-corrected chi connectivity index (χ1v) is 5.95. The molecule has 80 valence electrons. The molecule has 0 saturated carbocycles. The maximum absolute atomic E-state index is 9.61. The van der Waals surface area contributed by atoms with Crippen LogP contribution < -0.4 is 0 Å². The molecule has 0 aromatic heterocycles. The van der Waals surface area contributed by atoms with Gasteiger partial charge >= 0.3 is 0 Å². The van der Waals surface area contributed by atoms with E-state index >= 15 is 0 Å². The van der Waals surface area contributed by atoms with Crippen LogP contribution in [-0.2, 0) is 5.41 Å². The summed E-state index contributed by atoms with van der Waals surface area (Å²) in [5.41, 5.74) is 1.96.